The van der Waals surface area contributed by atoms with E-state index in [9.17, 15) is 13.2 Å². The normalized spacial score (nSPS) is 12.9. The maximum Gasteiger partial charge on any atom is 0.240 e. The Morgan fingerprint density at radius 1 is 1.17 bits per heavy atom. The van der Waals surface area contributed by atoms with Crippen molar-refractivity contribution in [3.63, 3.8) is 0 Å². The molecule has 0 saturated heterocycles. The molecule has 2 aromatic rings. The number of nitrogens with one attached hydrogen (secondary N) is 2. The lowest BCUT2D eigenvalue weighted by molar-refractivity contribution is -0.121. The molecule has 0 aliphatic heterocycles. The molecule has 2 rings (SSSR count). The molecule has 0 bridgehead atoms. The van der Waals surface area contributed by atoms with Crippen molar-refractivity contribution in [1.82, 2.24) is 10.0 Å². The fraction of sp³-hybridized carbons (Fsp3) is 0.353. The van der Waals surface area contributed by atoms with Gasteiger partial charge in [0.2, 0.25) is 15.9 Å². The van der Waals surface area contributed by atoms with Crippen LogP contribution in [0.15, 0.2) is 47.4 Å². The van der Waals surface area contributed by atoms with Crippen LogP contribution in [-0.4, -0.2) is 40.6 Å². The molecule has 0 fully saturated rings. The van der Waals surface area contributed by atoms with Gasteiger partial charge in [-0.1, -0.05) is 30.3 Å². The second kappa shape index (κ2) is 8.23. The van der Waals surface area contributed by atoms with Gasteiger partial charge in [-0.25, -0.2) is 13.1 Å². The van der Waals surface area contributed by atoms with Gasteiger partial charge in [-0.2, -0.15) is 0 Å². The molecule has 130 valence electrons. The smallest absolute Gasteiger partial charge is 0.240 e. The van der Waals surface area contributed by atoms with E-state index in [0.717, 1.165) is 10.8 Å². The molecule has 0 heterocycles. The van der Waals surface area contributed by atoms with Gasteiger partial charge < -0.3 is 10.1 Å². The van der Waals surface area contributed by atoms with E-state index >= 15 is 0 Å². The van der Waals surface area contributed by atoms with Crippen molar-refractivity contribution in [2.24, 2.45) is 0 Å². The van der Waals surface area contributed by atoms with Gasteiger partial charge in [0.1, 0.15) is 0 Å². The number of sulfonamides is 1. The van der Waals surface area contributed by atoms with E-state index in [1.165, 1.54) is 0 Å². The van der Waals surface area contributed by atoms with Crippen molar-refractivity contribution in [2.75, 3.05) is 20.3 Å². The average molecular weight is 350 g/mol. The minimum absolute atomic E-state index is 0.0424. The fourth-order valence-electron chi connectivity index (χ4n) is 2.36. The number of carbonyl (C=O) groups excluding carboxylic acids is 1. The summed E-state index contributed by atoms with van der Waals surface area (Å²) < 4.78 is 32.0. The molecule has 7 heteroatoms. The summed E-state index contributed by atoms with van der Waals surface area (Å²) in [6, 6.07) is 12.4. The maximum atomic E-state index is 12.3. The van der Waals surface area contributed by atoms with Crippen LogP contribution >= 0.6 is 0 Å². The molecule has 0 spiro atoms. The third-order valence-electron chi connectivity index (χ3n) is 3.50. The standard InChI is InChI=1S/C17H22N2O4S/c1-13(12-23-2)19-17(20)9-10-18-24(21,22)16-8-7-14-5-3-4-6-15(14)11-16/h3-8,11,13,18H,9-10,12H2,1-2H3,(H,19,20)/t13-/m0/s1. The number of benzene rings is 2. The lowest BCUT2D eigenvalue weighted by atomic mass is 10.1. The first-order valence-corrected chi connectivity index (χ1v) is 9.17. The minimum Gasteiger partial charge on any atom is -0.383 e. The molecule has 2 N–H and O–H groups in total. The van der Waals surface area contributed by atoms with Crippen molar-refractivity contribution in [3.05, 3.63) is 42.5 Å². The number of ether oxygens (including phenoxy) is 1. The number of carbonyl (C=O) groups is 1. The molecule has 0 aromatic heterocycles. The number of hydrogen-bond donors (Lipinski definition) is 2. The zero-order chi connectivity index (χ0) is 17.6. The molecule has 2 aromatic carbocycles. The SMILES string of the molecule is COC[C@H](C)NC(=O)CCNS(=O)(=O)c1ccc2ccccc2c1. The van der Waals surface area contributed by atoms with Crippen LogP contribution in [-0.2, 0) is 19.6 Å². The molecule has 1 amide bonds. The highest BCUT2D eigenvalue weighted by Crippen LogP contribution is 2.18. The van der Waals surface area contributed by atoms with Gasteiger partial charge in [-0.15, -0.1) is 0 Å². The summed E-state index contributed by atoms with van der Waals surface area (Å²) in [5, 5.41) is 4.56. The quantitative estimate of drug-likeness (QED) is 0.758. The summed E-state index contributed by atoms with van der Waals surface area (Å²) in [6.07, 6.45) is 0.0703. The molecule has 0 aliphatic rings. The summed E-state index contributed by atoms with van der Waals surface area (Å²) in [5.41, 5.74) is 0. The first-order chi connectivity index (χ1) is 11.4. The fourth-order valence-corrected chi connectivity index (χ4v) is 3.42. The number of fused-ring (bicyclic) bond motifs is 1. The summed E-state index contributed by atoms with van der Waals surface area (Å²) in [5.74, 6) is -0.222. The van der Waals surface area contributed by atoms with Gasteiger partial charge in [0, 0.05) is 26.1 Å². The Labute approximate surface area is 142 Å². The Bertz CT molecular complexity index is 805. The van der Waals surface area contributed by atoms with Crippen LogP contribution in [0.2, 0.25) is 0 Å². The van der Waals surface area contributed by atoms with Gasteiger partial charge in [0.05, 0.1) is 11.5 Å². The minimum atomic E-state index is -3.64. The molecule has 1 atom stereocenters. The molecule has 0 aliphatic carbocycles. The first kappa shape index (κ1) is 18.4. The lowest BCUT2D eigenvalue weighted by Crippen LogP contribution is -2.37. The van der Waals surface area contributed by atoms with Crippen LogP contribution in [0.5, 0.6) is 0 Å². The van der Waals surface area contributed by atoms with Gasteiger partial charge >= 0.3 is 0 Å². The molecule has 24 heavy (non-hydrogen) atoms. The van der Waals surface area contributed by atoms with Crippen LogP contribution in [0, 0.1) is 0 Å². The van der Waals surface area contributed by atoms with Crippen molar-refractivity contribution in [3.8, 4) is 0 Å². The molecular weight excluding hydrogens is 328 g/mol. The monoisotopic (exact) mass is 350 g/mol. The van der Waals surface area contributed by atoms with E-state index in [0.29, 0.717) is 6.61 Å². The van der Waals surface area contributed by atoms with Gasteiger partial charge in [0.25, 0.3) is 0 Å². The number of hydrogen-bond acceptors (Lipinski definition) is 4. The van der Waals surface area contributed by atoms with Gasteiger partial charge in [0.15, 0.2) is 0 Å². The maximum absolute atomic E-state index is 12.3. The van der Waals surface area contributed by atoms with Crippen LogP contribution in [0.4, 0.5) is 0 Å². The van der Waals surface area contributed by atoms with E-state index in [1.54, 1.807) is 25.3 Å². The Morgan fingerprint density at radius 3 is 2.58 bits per heavy atom. The second-order valence-electron chi connectivity index (χ2n) is 5.58. The Morgan fingerprint density at radius 2 is 1.88 bits per heavy atom. The van der Waals surface area contributed by atoms with Crippen LogP contribution in [0.3, 0.4) is 0 Å². The molecule has 0 unspecified atom stereocenters. The van der Waals surface area contributed by atoms with Crippen molar-refractivity contribution >= 4 is 26.7 Å². The predicted molar refractivity (Wildman–Crippen MR) is 93.2 cm³/mol. The summed E-state index contributed by atoms with van der Waals surface area (Å²) in [7, 11) is -2.08. The second-order valence-corrected chi connectivity index (χ2v) is 7.35. The number of amides is 1. The van der Waals surface area contributed by atoms with E-state index in [4.69, 9.17) is 4.74 Å². The van der Waals surface area contributed by atoms with Crippen LogP contribution in [0.25, 0.3) is 10.8 Å². The third-order valence-corrected chi connectivity index (χ3v) is 4.96. The number of rotatable bonds is 8. The highest BCUT2D eigenvalue weighted by atomic mass is 32.2. The largest absolute Gasteiger partial charge is 0.383 e. The van der Waals surface area contributed by atoms with Crippen molar-refractivity contribution in [2.45, 2.75) is 24.3 Å². The Balaban J connectivity index is 1.94. The van der Waals surface area contributed by atoms with Gasteiger partial charge in [-0.05, 0) is 29.8 Å². The zero-order valence-electron chi connectivity index (χ0n) is 13.8. The highest BCUT2D eigenvalue weighted by molar-refractivity contribution is 7.89. The van der Waals surface area contributed by atoms with Crippen molar-refractivity contribution in [1.29, 1.82) is 0 Å². The van der Waals surface area contributed by atoms with E-state index in [1.807, 2.05) is 31.2 Å². The predicted octanol–water partition coefficient (Wildman–Crippen LogP) is 1.66. The van der Waals surface area contributed by atoms with Crippen LogP contribution in [0.1, 0.15) is 13.3 Å². The molecule has 6 nitrogen and oxygen atoms in total. The summed E-state index contributed by atoms with van der Waals surface area (Å²) in [6.45, 7) is 2.27. The lowest BCUT2D eigenvalue weighted by Gasteiger charge is -2.13. The molecule has 0 saturated carbocycles. The van der Waals surface area contributed by atoms with E-state index < -0.39 is 10.0 Å². The zero-order valence-corrected chi connectivity index (χ0v) is 14.6. The average Bonchev–Trinajstić information content (AvgIpc) is 2.54. The molecular formula is C17H22N2O4S. The first-order valence-electron chi connectivity index (χ1n) is 7.69. The van der Waals surface area contributed by atoms with Crippen LogP contribution < -0.4 is 10.0 Å². The molecule has 0 radical (unpaired) electrons. The van der Waals surface area contributed by atoms with Crippen molar-refractivity contribution < 1.29 is 17.9 Å². The number of methoxy groups -OCH3 is 1. The highest BCUT2D eigenvalue weighted by Gasteiger charge is 2.15. The third kappa shape index (κ3) is 5.02. The van der Waals surface area contributed by atoms with E-state index in [2.05, 4.69) is 10.0 Å². The summed E-state index contributed by atoms with van der Waals surface area (Å²) in [4.78, 5) is 11.9. The van der Waals surface area contributed by atoms with E-state index in [-0.39, 0.29) is 29.8 Å². The summed E-state index contributed by atoms with van der Waals surface area (Å²) >= 11 is 0. The van der Waals surface area contributed by atoms with Gasteiger partial charge in [-0.3, -0.25) is 4.79 Å². The Hall–Kier alpha value is -1.96. The Kier molecular flexibility index (Phi) is 6.30. The topological polar surface area (TPSA) is 84.5 Å².